The number of nitriles is 1. The van der Waals surface area contributed by atoms with Gasteiger partial charge in [0, 0.05) is 13.1 Å². The van der Waals surface area contributed by atoms with Crippen LogP contribution in [0, 0.1) is 23.0 Å². The van der Waals surface area contributed by atoms with Crippen molar-refractivity contribution in [3.05, 3.63) is 41.0 Å². The fourth-order valence-electron chi connectivity index (χ4n) is 2.05. The fourth-order valence-corrected chi connectivity index (χ4v) is 2.05. The van der Waals surface area contributed by atoms with Crippen molar-refractivity contribution in [3.63, 3.8) is 0 Å². The van der Waals surface area contributed by atoms with E-state index in [1.165, 1.54) is 5.57 Å². The monoisotopic (exact) mass is 263 g/mol. The molecule has 0 bridgehead atoms. The number of halogens is 2. The van der Waals surface area contributed by atoms with Gasteiger partial charge in [-0.05, 0) is 31.5 Å². The molecule has 19 heavy (non-hydrogen) atoms. The highest BCUT2D eigenvalue weighted by Crippen LogP contribution is 2.21. The molecule has 0 unspecified atom stereocenters. The Bertz CT molecular complexity index is 509. The van der Waals surface area contributed by atoms with E-state index in [1.807, 2.05) is 0 Å². The molecule has 0 aromatic heterocycles. The molecule has 0 saturated carbocycles. The van der Waals surface area contributed by atoms with Crippen LogP contribution in [0.4, 0.5) is 14.5 Å². The molecule has 5 heteroatoms. The first kappa shape index (κ1) is 13.5. The molecular formula is C14H15F2N3. The Balaban J connectivity index is 1.96. The summed E-state index contributed by atoms with van der Waals surface area (Å²) in [6.45, 7) is 2.28. The van der Waals surface area contributed by atoms with Gasteiger partial charge >= 0.3 is 0 Å². The van der Waals surface area contributed by atoms with Crippen molar-refractivity contribution in [2.45, 2.75) is 12.8 Å². The molecule has 0 amide bonds. The summed E-state index contributed by atoms with van der Waals surface area (Å²) in [5, 5.41) is 14.6. The number of anilines is 1. The summed E-state index contributed by atoms with van der Waals surface area (Å²) in [5.41, 5.74) is 1.12. The van der Waals surface area contributed by atoms with Crippen molar-refractivity contribution < 1.29 is 8.78 Å². The average Bonchev–Trinajstić information content (AvgIpc) is 2.42. The van der Waals surface area contributed by atoms with Crippen LogP contribution in [0.25, 0.3) is 0 Å². The molecule has 1 aromatic carbocycles. The summed E-state index contributed by atoms with van der Waals surface area (Å²) in [6.07, 6.45) is 3.84. The first-order valence-corrected chi connectivity index (χ1v) is 6.22. The highest BCUT2D eigenvalue weighted by Gasteiger charge is 2.11. The first-order chi connectivity index (χ1) is 9.20. The zero-order chi connectivity index (χ0) is 13.7. The number of nitrogens with one attached hydrogen (secondary N) is 2. The Kier molecular flexibility index (Phi) is 4.48. The minimum absolute atomic E-state index is 0.0124. The van der Waals surface area contributed by atoms with Gasteiger partial charge in [-0.2, -0.15) is 5.26 Å². The molecule has 0 atom stereocenters. The second-order valence-electron chi connectivity index (χ2n) is 4.42. The van der Waals surface area contributed by atoms with E-state index in [-0.39, 0.29) is 11.3 Å². The molecule has 1 heterocycles. The van der Waals surface area contributed by atoms with Gasteiger partial charge < -0.3 is 10.6 Å². The van der Waals surface area contributed by atoms with Crippen LogP contribution in [0.1, 0.15) is 18.4 Å². The molecule has 0 radical (unpaired) electrons. The van der Waals surface area contributed by atoms with Crippen molar-refractivity contribution in [1.82, 2.24) is 5.32 Å². The van der Waals surface area contributed by atoms with Crippen molar-refractivity contribution in [1.29, 1.82) is 5.26 Å². The Morgan fingerprint density at radius 3 is 2.63 bits per heavy atom. The van der Waals surface area contributed by atoms with Gasteiger partial charge in [0.25, 0.3) is 0 Å². The summed E-state index contributed by atoms with van der Waals surface area (Å²) in [6, 6.07) is 3.79. The lowest BCUT2D eigenvalue weighted by Gasteiger charge is -2.15. The largest absolute Gasteiger partial charge is 0.380 e. The van der Waals surface area contributed by atoms with Crippen LogP contribution in [0.3, 0.4) is 0 Å². The molecule has 3 nitrogen and oxygen atoms in total. The zero-order valence-electron chi connectivity index (χ0n) is 10.5. The predicted molar refractivity (Wildman–Crippen MR) is 69.7 cm³/mol. The smallest absolute Gasteiger partial charge is 0.150 e. The third-order valence-electron chi connectivity index (χ3n) is 3.08. The van der Waals surface area contributed by atoms with Gasteiger partial charge in [-0.25, -0.2) is 8.78 Å². The van der Waals surface area contributed by atoms with E-state index in [1.54, 1.807) is 6.07 Å². The summed E-state index contributed by atoms with van der Waals surface area (Å²) < 4.78 is 27.2. The maximum absolute atomic E-state index is 13.6. The van der Waals surface area contributed by atoms with E-state index in [4.69, 9.17) is 5.26 Å². The van der Waals surface area contributed by atoms with E-state index >= 15 is 0 Å². The van der Waals surface area contributed by atoms with Crippen molar-refractivity contribution >= 4 is 5.69 Å². The van der Waals surface area contributed by atoms with E-state index < -0.39 is 11.6 Å². The average molecular weight is 263 g/mol. The Morgan fingerprint density at radius 2 is 2.05 bits per heavy atom. The van der Waals surface area contributed by atoms with Crippen molar-refractivity contribution in [3.8, 4) is 6.07 Å². The highest BCUT2D eigenvalue weighted by molar-refractivity contribution is 5.50. The quantitative estimate of drug-likeness (QED) is 0.821. The number of nitrogens with zero attached hydrogens (tertiary/aromatic N) is 1. The summed E-state index contributed by atoms with van der Waals surface area (Å²) in [5.74, 6) is -1.45. The molecule has 0 aliphatic carbocycles. The molecule has 1 aliphatic rings. The van der Waals surface area contributed by atoms with E-state index in [9.17, 15) is 8.78 Å². The van der Waals surface area contributed by atoms with Gasteiger partial charge in [-0.1, -0.05) is 11.6 Å². The maximum atomic E-state index is 13.6. The topological polar surface area (TPSA) is 47.9 Å². The zero-order valence-corrected chi connectivity index (χ0v) is 10.5. The molecule has 0 saturated heterocycles. The molecule has 2 N–H and O–H groups in total. The molecule has 100 valence electrons. The van der Waals surface area contributed by atoms with E-state index in [0.717, 1.165) is 38.1 Å². The summed E-state index contributed by atoms with van der Waals surface area (Å²) in [4.78, 5) is 0. The Hall–Kier alpha value is -1.93. The normalized spacial score (nSPS) is 14.7. The second kappa shape index (κ2) is 6.30. The predicted octanol–water partition coefficient (Wildman–Crippen LogP) is 2.56. The Labute approximate surface area is 110 Å². The third kappa shape index (κ3) is 3.52. The summed E-state index contributed by atoms with van der Waals surface area (Å²) >= 11 is 0. The summed E-state index contributed by atoms with van der Waals surface area (Å²) in [7, 11) is 0. The van der Waals surface area contributed by atoms with Gasteiger partial charge in [-0.3, -0.25) is 0 Å². The lowest BCUT2D eigenvalue weighted by atomic mass is 10.1. The molecule has 0 spiro atoms. The molecule has 2 rings (SSSR count). The van der Waals surface area contributed by atoms with Crippen molar-refractivity contribution in [2.75, 3.05) is 25.0 Å². The van der Waals surface area contributed by atoms with Gasteiger partial charge in [0.05, 0.1) is 11.6 Å². The molecule has 1 aliphatic heterocycles. The molecular weight excluding hydrogens is 248 g/mol. The minimum Gasteiger partial charge on any atom is -0.380 e. The maximum Gasteiger partial charge on any atom is 0.150 e. The van der Waals surface area contributed by atoms with Gasteiger partial charge in [0.15, 0.2) is 11.6 Å². The molecule has 1 aromatic rings. The number of hydrogen-bond acceptors (Lipinski definition) is 3. The van der Waals surface area contributed by atoms with E-state index in [2.05, 4.69) is 16.7 Å². The SMILES string of the molecule is N#Cc1cc(F)c(NCCC2=CCNCC2)c(F)c1. The van der Waals surface area contributed by atoms with Crippen LogP contribution in [-0.2, 0) is 0 Å². The van der Waals surface area contributed by atoms with Crippen LogP contribution < -0.4 is 10.6 Å². The van der Waals surface area contributed by atoms with Gasteiger partial charge in [0.1, 0.15) is 5.69 Å². The lowest BCUT2D eigenvalue weighted by Crippen LogP contribution is -2.21. The number of rotatable bonds is 4. The fraction of sp³-hybridized carbons (Fsp3) is 0.357. The number of benzene rings is 1. The van der Waals surface area contributed by atoms with E-state index in [0.29, 0.717) is 6.54 Å². The van der Waals surface area contributed by atoms with Gasteiger partial charge in [0.2, 0.25) is 0 Å². The van der Waals surface area contributed by atoms with Crippen LogP contribution in [0.2, 0.25) is 0 Å². The first-order valence-electron chi connectivity index (χ1n) is 6.22. The van der Waals surface area contributed by atoms with Crippen molar-refractivity contribution in [2.24, 2.45) is 0 Å². The minimum atomic E-state index is -0.726. The second-order valence-corrected chi connectivity index (χ2v) is 4.42. The number of hydrogen-bond donors (Lipinski definition) is 2. The standard InChI is InChI=1S/C14H15F2N3/c15-12-7-11(9-17)8-13(16)14(12)19-6-3-10-1-4-18-5-2-10/h1,7-8,18-19H,2-6H2. The van der Waals surface area contributed by atoms with Gasteiger partial charge in [-0.15, -0.1) is 0 Å². The highest BCUT2D eigenvalue weighted by atomic mass is 19.1. The third-order valence-corrected chi connectivity index (χ3v) is 3.08. The van der Waals surface area contributed by atoms with Crippen LogP contribution >= 0.6 is 0 Å². The molecule has 0 fully saturated rings. The van der Waals surface area contributed by atoms with Crippen LogP contribution in [0.5, 0.6) is 0 Å². The lowest BCUT2D eigenvalue weighted by molar-refractivity contribution is 0.586. The Morgan fingerprint density at radius 1 is 1.32 bits per heavy atom. The van der Waals surface area contributed by atoms with Crippen LogP contribution in [0.15, 0.2) is 23.8 Å². The van der Waals surface area contributed by atoms with Crippen LogP contribution in [-0.4, -0.2) is 19.6 Å².